The predicted molar refractivity (Wildman–Crippen MR) is 79.8 cm³/mol. The normalized spacial score (nSPS) is 10.9. The van der Waals surface area contributed by atoms with Gasteiger partial charge in [-0.3, -0.25) is 0 Å². The summed E-state index contributed by atoms with van der Waals surface area (Å²) in [6.07, 6.45) is 6.27. The lowest BCUT2D eigenvalue weighted by molar-refractivity contribution is 0.304. The average molecular weight is 269 g/mol. The van der Waals surface area contributed by atoms with Gasteiger partial charge in [0, 0.05) is 0 Å². The molecule has 0 N–H and O–H groups in total. The largest absolute Gasteiger partial charge is 0.492 e. The molecule has 0 amide bonds. The molecule has 0 radical (unpaired) electrons. The second kappa shape index (κ2) is 8.42. The maximum atomic E-state index is 6.14. The van der Waals surface area contributed by atoms with Gasteiger partial charge in [-0.15, -0.1) is 0 Å². The Morgan fingerprint density at radius 1 is 1.11 bits per heavy atom. The van der Waals surface area contributed by atoms with Gasteiger partial charge >= 0.3 is 0 Å². The van der Waals surface area contributed by atoms with Crippen LogP contribution in [0.4, 0.5) is 0 Å². The van der Waals surface area contributed by atoms with Crippen LogP contribution in [0.1, 0.15) is 64.4 Å². The van der Waals surface area contributed by atoms with Gasteiger partial charge in [-0.1, -0.05) is 64.1 Å². The fraction of sp³-hybridized carbons (Fsp3) is 0.625. The predicted octanol–water partition coefficient (Wildman–Crippen LogP) is 5.81. The van der Waals surface area contributed by atoms with Gasteiger partial charge in [-0.25, -0.2) is 0 Å². The SMILES string of the molecule is CCCCCCCOc1cc(C(C)C)ccc1Cl. The molecule has 0 aliphatic carbocycles. The second-order valence-corrected chi connectivity index (χ2v) is 5.51. The maximum absolute atomic E-state index is 6.14. The van der Waals surface area contributed by atoms with Gasteiger partial charge < -0.3 is 4.74 Å². The molecule has 1 nitrogen and oxygen atoms in total. The van der Waals surface area contributed by atoms with Gasteiger partial charge in [0.15, 0.2) is 0 Å². The topological polar surface area (TPSA) is 9.23 Å². The molecule has 0 unspecified atom stereocenters. The van der Waals surface area contributed by atoms with Crippen LogP contribution in [0, 0.1) is 0 Å². The summed E-state index contributed by atoms with van der Waals surface area (Å²) in [5.74, 6) is 1.34. The quantitative estimate of drug-likeness (QED) is 0.540. The second-order valence-electron chi connectivity index (χ2n) is 5.11. The molecule has 0 bridgehead atoms. The first-order chi connectivity index (χ1) is 8.65. The lowest BCUT2D eigenvalue weighted by Gasteiger charge is -2.11. The highest BCUT2D eigenvalue weighted by molar-refractivity contribution is 6.32. The summed E-state index contributed by atoms with van der Waals surface area (Å²) in [6.45, 7) is 7.36. The van der Waals surface area contributed by atoms with Crippen LogP contribution in [-0.2, 0) is 0 Å². The number of ether oxygens (including phenoxy) is 1. The number of unbranched alkanes of at least 4 members (excludes halogenated alkanes) is 4. The minimum absolute atomic E-state index is 0.508. The highest BCUT2D eigenvalue weighted by atomic mass is 35.5. The summed E-state index contributed by atoms with van der Waals surface area (Å²) in [6, 6.07) is 6.07. The Hall–Kier alpha value is -0.690. The maximum Gasteiger partial charge on any atom is 0.138 e. The molecule has 0 atom stereocenters. The highest BCUT2D eigenvalue weighted by Crippen LogP contribution is 2.28. The summed E-state index contributed by atoms with van der Waals surface area (Å²) < 4.78 is 5.78. The third kappa shape index (κ3) is 5.30. The lowest BCUT2D eigenvalue weighted by atomic mass is 10.0. The van der Waals surface area contributed by atoms with Crippen LogP contribution in [-0.4, -0.2) is 6.61 Å². The Bertz CT molecular complexity index is 347. The molecule has 0 fully saturated rings. The van der Waals surface area contributed by atoms with Crippen LogP contribution in [0.2, 0.25) is 5.02 Å². The van der Waals surface area contributed by atoms with E-state index in [1.807, 2.05) is 6.07 Å². The Morgan fingerprint density at radius 3 is 2.50 bits per heavy atom. The first-order valence-electron chi connectivity index (χ1n) is 7.07. The zero-order chi connectivity index (χ0) is 13.4. The van der Waals surface area contributed by atoms with Crippen molar-refractivity contribution in [3.05, 3.63) is 28.8 Å². The molecule has 1 rings (SSSR count). The van der Waals surface area contributed by atoms with Gasteiger partial charge in [0.2, 0.25) is 0 Å². The average Bonchev–Trinajstić information content (AvgIpc) is 2.35. The zero-order valence-corrected chi connectivity index (χ0v) is 12.6. The third-order valence-corrected chi connectivity index (χ3v) is 3.44. The summed E-state index contributed by atoms with van der Waals surface area (Å²) in [5, 5.41) is 0.716. The van der Waals surface area contributed by atoms with E-state index in [0.29, 0.717) is 10.9 Å². The van der Waals surface area contributed by atoms with Crippen molar-refractivity contribution in [2.45, 2.75) is 58.8 Å². The molecule has 0 aliphatic rings. The molecular formula is C16H25ClO. The van der Waals surface area contributed by atoms with Gasteiger partial charge in [0.05, 0.1) is 11.6 Å². The van der Waals surface area contributed by atoms with E-state index in [-0.39, 0.29) is 0 Å². The number of hydrogen-bond donors (Lipinski definition) is 0. The standard InChI is InChI=1S/C16H25ClO/c1-4-5-6-7-8-11-18-16-12-14(13(2)3)9-10-15(16)17/h9-10,12-13H,4-8,11H2,1-3H3. The summed E-state index contributed by atoms with van der Waals surface area (Å²) in [4.78, 5) is 0. The Kier molecular flexibility index (Phi) is 7.19. The molecule has 0 spiro atoms. The minimum Gasteiger partial charge on any atom is -0.492 e. The van der Waals surface area contributed by atoms with Crippen molar-refractivity contribution < 1.29 is 4.74 Å². The lowest BCUT2D eigenvalue weighted by Crippen LogP contribution is -1.99. The summed E-state index contributed by atoms with van der Waals surface area (Å²) in [7, 11) is 0. The van der Waals surface area contributed by atoms with E-state index in [4.69, 9.17) is 16.3 Å². The first-order valence-corrected chi connectivity index (χ1v) is 7.45. The number of halogens is 1. The van der Waals surface area contributed by atoms with Crippen molar-refractivity contribution in [2.75, 3.05) is 6.61 Å². The highest BCUT2D eigenvalue weighted by Gasteiger charge is 2.05. The van der Waals surface area contributed by atoms with Crippen molar-refractivity contribution in [1.82, 2.24) is 0 Å². The van der Waals surface area contributed by atoms with E-state index in [1.165, 1.54) is 31.2 Å². The molecule has 0 heterocycles. The van der Waals surface area contributed by atoms with Crippen molar-refractivity contribution in [2.24, 2.45) is 0 Å². The van der Waals surface area contributed by atoms with E-state index in [2.05, 4.69) is 32.9 Å². The van der Waals surface area contributed by atoms with Crippen molar-refractivity contribution >= 4 is 11.6 Å². The fourth-order valence-electron chi connectivity index (χ4n) is 1.88. The number of benzene rings is 1. The Labute approximate surface area is 116 Å². The zero-order valence-electron chi connectivity index (χ0n) is 11.8. The van der Waals surface area contributed by atoms with Crippen LogP contribution >= 0.6 is 11.6 Å². The number of hydrogen-bond acceptors (Lipinski definition) is 1. The van der Waals surface area contributed by atoms with E-state index in [1.54, 1.807) is 0 Å². The molecule has 1 aromatic rings. The molecular weight excluding hydrogens is 244 g/mol. The molecule has 0 aliphatic heterocycles. The monoisotopic (exact) mass is 268 g/mol. The Morgan fingerprint density at radius 2 is 1.83 bits per heavy atom. The van der Waals surface area contributed by atoms with Gasteiger partial charge in [-0.2, -0.15) is 0 Å². The van der Waals surface area contributed by atoms with Crippen molar-refractivity contribution in [3.63, 3.8) is 0 Å². The van der Waals surface area contributed by atoms with E-state index < -0.39 is 0 Å². The molecule has 0 saturated carbocycles. The molecule has 2 heteroatoms. The van der Waals surface area contributed by atoms with Gasteiger partial charge in [0.1, 0.15) is 5.75 Å². The van der Waals surface area contributed by atoms with E-state index in [9.17, 15) is 0 Å². The van der Waals surface area contributed by atoms with Crippen molar-refractivity contribution in [1.29, 1.82) is 0 Å². The van der Waals surface area contributed by atoms with Crippen LogP contribution in [0.25, 0.3) is 0 Å². The van der Waals surface area contributed by atoms with Crippen LogP contribution in [0.3, 0.4) is 0 Å². The van der Waals surface area contributed by atoms with Gasteiger partial charge in [0.25, 0.3) is 0 Å². The molecule has 1 aromatic carbocycles. The molecule has 18 heavy (non-hydrogen) atoms. The Balaban J connectivity index is 2.39. The smallest absolute Gasteiger partial charge is 0.138 e. The van der Waals surface area contributed by atoms with Crippen LogP contribution in [0.15, 0.2) is 18.2 Å². The molecule has 0 saturated heterocycles. The number of rotatable bonds is 8. The van der Waals surface area contributed by atoms with Crippen LogP contribution in [0.5, 0.6) is 5.75 Å². The summed E-state index contributed by atoms with van der Waals surface area (Å²) >= 11 is 6.14. The molecule has 102 valence electrons. The summed E-state index contributed by atoms with van der Waals surface area (Å²) in [5.41, 5.74) is 1.28. The third-order valence-electron chi connectivity index (χ3n) is 3.13. The molecule has 0 aromatic heterocycles. The minimum atomic E-state index is 0.508. The van der Waals surface area contributed by atoms with Crippen molar-refractivity contribution in [3.8, 4) is 5.75 Å². The van der Waals surface area contributed by atoms with E-state index in [0.717, 1.165) is 18.8 Å². The van der Waals surface area contributed by atoms with Gasteiger partial charge in [-0.05, 0) is 30.0 Å². The van der Waals surface area contributed by atoms with E-state index >= 15 is 0 Å². The van der Waals surface area contributed by atoms with Crippen LogP contribution < -0.4 is 4.74 Å². The first kappa shape index (κ1) is 15.4. The fourth-order valence-corrected chi connectivity index (χ4v) is 2.05.